The van der Waals surface area contributed by atoms with Gasteiger partial charge in [-0.05, 0) is 36.4 Å². The van der Waals surface area contributed by atoms with Gasteiger partial charge in [0.25, 0.3) is 0 Å². The van der Waals surface area contributed by atoms with E-state index in [2.05, 4.69) is 0 Å². The highest BCUT2D eigenvalue weighted by atomic mass is 19.1. The van der Waals surface area contributed by atoms with Crippen LogP contribution in [0.1, 0.15) is 20.7 Å². The van der Waals surface area contributed by atoms with E-state index in [4.69, 9.17) is 14.2 Å². The highest BCUT2D eigenvalue weighted by Gasteiger charge is 2.16. The van der Waals surface area contributed by atoms with E-state index in [1.807, 2.05) is 30.3 Å². The molecule has 6 heteroatoms. The zero-order valence-electron chi connectivity index (χ0n) is 15.5. The molecule has 29 heavy (non-hydrogen) atoms. The van der Waals surface area contributed by atoms with E-state index in [1.54, 1.807) is 24.3 Å². The Bertz CT molecular complexity index is 972. The molecule has 0 unspecified atom stereocenters. The van der Waals surface area contributed by atoms with Gasteiger partial charge >= 0.3 is 5.97 Å². The second-order valence-corrected chi connectivity index (χ2v) is 6.02. The molecule has 3 rings (SSSR count). The lowest BCUT2D eigenvalue weighted by molar-refractivity contribution is 0.0470. The first-order valence-corrected chi connectivity index (χ1v) is 8.99. The van der Waals surface area contributed by atoms with Gasteiger partial charge in [0.2, 0.25) is 0 Å². The van der Waals surface area contributed by atoms with E-state index < -0.39 is 24.2 Å². The lowest BCUT2D eigenvalue weighted by atomic mass is 10.1. The number of hydrogen-bond acceptors (Lipinski definition) is 5. The van der Waals surface area contributed by atoms with Crippen LogP contribution in [0.3, 0.4) is 0 Å². The minimum Gasteiger partial charge on any atom is -0.490 e. The minimum atomic E-state index is -0.700. The number of ether oxygens (including phenoxy) is 3. The van der Waals surface area contributed by atoms with Gasteiger partial charge in [-0.25, -0.2) is 9.18 Å². The first-order chi connectivity index (χ1) is 14.1. The Morgan fingerprint density at radius 1 is 0.793 bits per heavy atom. The summed E-state index contributed by atoms with van der Waals surface area (Å²) in [6.45, 7) is 0.0284. The normalized spacial score (nSPS) is 10.2. The number of halogens is 1. The van der Waals surface area contributed by atoms with Gasteiger partial charge in [0.15, 0.2) is 12.4 Å². The quantitative estimate of drug-likeness (QED) is 0.307. The summed E-state index contributed by atoms with van der Waals surface area (Å²) in [4.78, 5) is 24.4. The number of esters is 1. The molecule has 0 amide bonds. The van der Waals surface area contributed by atoms with Gasteiger partial charge in [0.05, 0.1) is 0 Å². The van der Waals surface area contributed by atoms with Gasteiger partial charge in [0, 0.05) is 5.56 Å². The molecule has 0 spiro atoms. The average molecular weight is 394 g/mol. The molecule has 0 radical (unpaired) electrons. The summed E-state index contributed by atoms with van der Waals surface area (Å²) in [5, 5.41) is 0. The Kier molecular flexibility index (Phi) is 6.95. The number of benzene rings is 3. The molecule has 148 valence electrons. The molecular formula is C23H19FO5. The highest BCUT2D eigenvalue weighted by molar-refractivity contribution is 5.99. The van der Waals surface area contributed by atoms with Crippen LogP contribution in [0.5, 0.6) is 11.5 Å². The summed E-state index contributed by atoms with van der Waals surface area (Å²) in [6, 6.07) is 21.1. The standard InChI is InChI=1S/C23H19FO5/c24-18-8-6-7-17(15-18)21(25)16-29-23(26)20-11-4-5-12-22(20)28-14-13-27-19-9-2-1-3-10-19/h1-12,15H,13-14,16H2. The number of carbonyl (C=O) groups excluding carboxylic acids is 2. The smallest absolute Gasteiger partial charge is 0.342 e. The van der Waals surface area contributed by atoms with Crippen molar-refractivity contribution >= 4 is 11.8 Å². The monoisotopic (exact) mass is 394 g/mol. The molecule has 0 saturated carbocycles. The molecule has 0 saturated heterocycles. The van der Waals surface area contributed by atoms with Crippen molar-refractivity contribution in [3.63, 3.8) is 0 Å². The fraction of sp³-hybridized carbons (Fsp3) is 0.130. The van der Waals surface area contributed by atoms with Crippen LogP contribution < -0.4 is 9.47 Å². The van der Waals surface area contributed by atoms with E-state index in [1.165, 1.54) is 18.2 Å². The van der Waals surface area contributed by atoms with Crippen molar-refractivity contribution in [2.75, 3.05) is 19.8 Å². The number of ketones is 1. The zero-order valence-corrected chi connectivity index (χ0v) is 15.5. The highest BCUT2D eigenvalue weighted by Crippen LogP contribution is 2.19. The maximum Gasteiger partial charge on any atom is 0.342 e. The Morgan fingerprint density at radius 2 is 1.52 bits per heavy atom. The molecule has 0 atom stereocenters. The van der Waals surface area contributed by atoms with Gasteiger partial charge in [0.1, 0.15) is 36.1 Å². The Balaban J connectivity index is 1.53. The van der Waals surface area contributed by atoms with Crippen LogP contribution in [-0.4, -0.2) is 31.6 Å². The molecule has 0 fully saturated rings. The Hall–Kier alpha value is -3.67. The first kappa shape index (κ1) is 20.1. The van der Waals surface area contributed by atoms with Crippen molar-refractivity contribution in [1.82, 2.24) is 0 Å². The molecule has 0 N–H and O–H groups in total. The van der Waals surface area contributed by atoms with Gasteiger partial charge in [-0.3, -0.25) is 4.79 Å². The first-order valence-electron chi connectivity index (χ1n) is 8.99. The second-order valence-electron chi connectivity index (χ2n) is 6.02. The van der Waals surface area contributed by atoms with E-state index in [0.29, 0.717) is 12.4 Å². The van der Waals surface area contributed by atoms with Crippen LogP contribution in [0.2, 0.25) is 0 Å². The lowest BCUT2D eigenvalue weighted by Gasteiger charge is -2.12. The zero-order chi connectivity index (χ0) is 20.5. The molecule has 3 aromatic rings. The molecule has 0 aliphatic carbocycles. The fourth-order valence-electron chi connectivity index (χ4n) is 2.54. The van der Waals surface area contributed by atoms with Crippen molar-refractivity contribution in [1.29, 1.82) is 0 Å². The SMILES string of the molecule is O=C(COC(=O)c1ccccc1OCCOc1ccccc1)c1cccc(F)c1. The molecule has 5 nitrogen and oxygen atoms in total. The van der Waals surface area contributed by atoms with Crippen molar-refractivity contribution in [3.8, 4) is 11.5 Å². The third-order valence-corrected chi connectivity index (χ3v) is 3.94. The number of rotatable bonds is 9. The Labute approximate surface area is 167 Å². The predicted molar refractivity (Wildman–Crippen MR) is 105 cm³/mol. The molecule has 0 heterocycles. The van der Waals surface area contributed by atoms with Gasteiger partial charge < -0.3 is 14.2 Å². The molecule has 0 aliphatic rings. The van der Waals surface area contributed by atoms with Crippen molar-refractivity contribution in [2.24, 2.45) is 0 Å². The topological polar surface area (TPSA) is 61.8 Å². The van der Waals surface area contributed by atoms with Crippen LogP contribution >= 0.6 is 0 Å². The predicted octanol–water partition coefficient (Wildman–Crippen LogP) is 4.32. The van der Waals surface area contributed by atoms with Crippen molar-refractivity contribution in [3.05, 3.63) is 95.8 Å². The van der Waals surface area contributed by atoms with Crippen LogP contribution in [0.4, 0.5) is 4.39 Å². The second kappa shape index (κ2) is 10.0. The number of hydrogen-bond donors (Lipinski definition) is 0. The average Bonchev–Trinajstić information content (AvgIpc) is 2.76. The van der Waals surface area contributed by atoms with E-state index in [0.717, 1.165) is 11.8 Å². The molecule has 0 aromatic heterocycles. The maximum atomic E-state index is 13.2. The molecule has 0 bridgehead atoms. The van der Waals surface area contributed by atoms with Crippen LogP contribution in [-0.2, 0) is 4.74 Å². The van der Waals surface area contributed by atoms with Crippen LogP contribution in [0.25, 0.3) is 0 Å². The van der Waals surface area contributed by atoms with Crippen LogP contribution in [0, 0.1) is 5.82 Å². The van der Waals surface area contributed by atoms with Gasteiger partial charge in [-0.1, -0.05) is 42.5 Å². The molecule has 0 aliphatic heterocycles. The maximum absolute atomic E-state index is 13.2. The third-order valence-electron chi connectivity index (χ3n) is 3.94. The fourth-order valence-corrected chi connectivity index (χ4v) is 2.54. The molecular weight excluding hydrogens is 375 g/mol. The summed E-state index contributed by atoms with van der Waals surface area (Å²) in [5.41, 5.74) is 0.333. The Morgan fingerprint density at radius 3 is 2.31 bits per heavy atom. The summed E-state index contributed by atoms with van der Waals surface area (Å²) < 4.78 is 29.5. The number of Topliss-reactive ketones (excluding diaryl/α,β-unsaturated/α-hetero) is 1. The van der Waals surface area contributed by atoms with E-state index in [9.17, 15) is 14.0 Å². The molecule has 3 aromatic carbocycles. The lowest BCUT2D eigenvalue weighted by Crippen LogP contribution is -2.16. The van der Waals surface area contributed by atoms with E-state index in [-0.39, 0.29) is 17.7 Å². The van der Waals surface area contributed by atoms with Crippen molar-refractivity contribution < 1.29 is 28.2 Å². The minimum absolute atomic E-state index is 0.139. The van der Waals surface area contributed by atoms with Gasteiger partial charge in [-0.2, -0.15) is 0 Å². The third kappa shape index (κ3) is 5.90. The summed E-state index contributed by atoms with van der Waals surface area (Å²) in [6.07, 6.45) is 0. The van der Waals surface area contributed by atoms with Gasteiger partial charge in [-0.15, -0.1) is 0 Å². The van der Waals surface area contributed by atoms with Crippen LogP contribution in [0.15, 0.2) is 78.9 Å². The summed E-state index contributed by atoms with van der Waals surface area (Å²) in [5.74, 6) is -0.674. The number of para-hydroxylation sites is 2. The van der Waals surface area contributed by atoms with Crippen molar-refractivity contribution in [2.45, 2.75) is 0 Å². The largest absolute Gasteiger partial charge is 0.490 e. The van der Waals surface area contributed by atoms with E-state index >= 15 is 0 Å². The summed E-state index contributed by atoms with van der Waals surface area (Å²) in [7, 11) is 0. The number of carbonyl (C=O) groups is 2. The summed E-state index contributed by atoms with van der Waals surface area (Å²) >= 11 is 0.